The third-order valence-electron chi connectivity index (χ3n) is 5.80. The Labute approximate surface area is 224 Å². The number of carbonyl (C=O) groups excluding carboxylic acids is 2. The van der Waals surface area contributed by atoms with Gasteiger partial charge >= 0.3 is 0 Å². The van der Waals surface area contributed by atoms with Gasteiger partial charge in [-0.2, -0.15) is 0 Å². The zero-order valence-electron chi connectivity index (χ0n) is 21.4. The Morgan fingerprint density at radius 1 is 0.892 bits per heavy atom. The van der Waals surface area contributed by atoms with Crippen LogP contribution in [0.1, 0.15) is 31.9 Å². The van der Waals surface area contributed by atoms with Gasteiger partial charge in [-0.05, 0) is 57.5 Å². The van der Waals surface area contributed by atoms with E-state index in [-0.39, 0.29) is 34.1 Å². The zero-order valence-corrected chi connectivity index (χ0v) is 23.0. The number of sulfonamides is 1. The number of nitrogens with one attached hydrogen (secondary N) is 1. The second-order valence-electron chi connectivity index (χ2n) is 9.12. The summed E-state index contributed by atoms with van der Waals surface area (Å²) in [4.78, 5) is 28.2. The summed E-state index contributed by atoms with van der Waals surface area (Å²) < 4.78 is 28.4. The highest BCUT2D eigenvalue weighted by atomic mass is 35.5. The minimum atomic E-state index is -4.15. The van der Waals surface area contributed by atoms with Crippen LogP contribution >= 0.6 is 11.6 Å². The van der Waals surface area contributed by atoms with Crippen molar-refractivity contribution in [1.29, 1.82) is 0 Å². The second kappa shape index (κ2) is 12.3. The molecule has 0 heterocycles. The van der Waals surface area contributed by atoms with Crippen LogP contribution in [0.2, 0.25) is 5.02 Å². The molecule has 0 aliphatic heterocycles. The minimum absolute atomic E-state index is 0.0263. The smallest absolute Gasteiger partial charge is 0.264 e. The highest BCUT2D eigenvalue weighted by molar-refractivity contribution is 7.92. The predicted molar refractivity (Wildman–Crippen MR) is 147 cm³/mol. The summed E-state index contributed by atoms with van der Waals surface area (Å²) in [6, 6.07) is 21.0. The summed E-state index contributed by atoms with van der Waals surface area (Å²) >= 11 is 6.40. The Hall–Kier alpha value is -3.36. The van der Waals surface area contributed by atoms with Crippen molar-refractivity contribution in [2.24, 2.45) is 0 Å². The van der Waals surface area contributed by atoms with Crippen LogP contribution in [-0.2, 0) is 26.2 Å². The van der Waals surface area contributed by atoms with Crippen LogP contribution in [-0.4, -0.2) is 43.8 Å². The first-order chi connectivity index (χ1) is 17.5. The Bertz CT molecular complexity index is 1330. The molecule has 0 saturated carbocycles. The lowest BCUT2D eigenvalue weighted by Gasteiger charge is -2.32. The van der Waals surface area contributed by atoms with Gasteiger partial charge in [0.1, 0.15) is 12.6 Å². The molecule has 2 amide bonds. The normalized spacial score (nSPS) is 12.2. The number of hydrogen-bond acceptors (Lipinski definition) is 4. The fourth-order valence-corrected chi connectivity index (χ4v) is 5.51. The van der Waals surface area contributed by atoms with Gasteiger partial charge in [-0.25, -0.2) is 8.42 Å². The van der Waals surface area contributed by atoms with E-state index in [1.807, 2.05) is 45.0 Å². The number of aryl methyl sites for hydroxylation is 1. The van der Waals surface area contributed by atoms with Crippen LogP contribution in [0.3, 0.4) is 0 Å². The molecule has 7 nitrogen and oxygen atoms in total. The molecule has 3 aromatic carbocycles. The van der Waals surface area contributed by atoms with Gasteiger partial charge in [-0.3, -0.25) is 13.9 Å². The van der Waals surface area contributed by atoms with Crippen LogP contribution < -0.4 is 9.62 Å². The van der Waals surface area contributed by atoms with Crippen LogP contribution in [0.25, 0.3) is 0 Å². The SMILES string of the molecule is Cc1ccc(CN(C(=O)CN(c2ccccc2Cl)S(=O)(=O)c2ccccc2)[C@@H](C)C(=O)NC(C)C)cc1. The van der Waals surface area contributed by atoms with E-state index >= 15 is 0 Å². The number of benzene rings is 3. The van der Waals surface area contributed by atoms with Gasteiger partial charge < -0.3 is 10.2 Å². The second-order valence-corrected chi connectivity index (χ2v) is 11.4. The molecule has 1 N–H and O–H groups in total. The molecular formula is C28H32ClN3O4S. The quantitative estimate of drug-likeness (QED) is 0.400. The largest absolute Gasteiger partial charge is 0.352 e. The summed E-state index contributed by atoms with van der Waals surface area (Å²) in [6.45, 7) is 6.86. The molecule has 0 fully saturated rings. The molecular weight excluding hydrogens is 510 g/mol. The van der Waals surface area contributed by atoms with Gasteiger partial charge in [0.25, 0.3) is 10.0 Å². The predicted octanol–water partition coefficient (Wildman–Crippen LogP) is 4.79. The van der Waals surface area contributed by atoms with Gasteiger partial charge in [0.2, 0.25) is 11.8 Å². The third-order valence-corrected chi connectivity index (χ3v) is 7.90. The maximum atomic E-state index is 13.8. The van der Waals surface area contributed by atoms with E-state index in [1.165, 1.54) is 17.0 Å². The molecule has 0 bridgehead atoms. The molecule has 0 spiro atoms. The molecule has 37 heavy (non-hydrogen) atoms. The van der Waals surface area contributed by atoms with E-state index in [2.05, 4.69) is 5.32 Å². The first kappa shape index (κ1) is 28.2. The average molecular weight is 542 g/mol. The fraction of sp³-hybridized carbons (Fsp3) is 0.286. The lowest BCUT2D eigenvalue weighted by atomic mass is 10.1. The number of rotatable bonds is 10. The van der Waals surface area contributed by atoms with Crippen molar-refractivity contribution in [1.82, 2.24) is 10.2 Å². The maximum absolute atomic E-state index is 13.8. The number of amides is 2. The van der Waals surface area contributed by atoms with Crippen LogP contribution in [0.15, 0.2) is 83.8 Å². The van der Waals surface area contributed by atoms with E-state index in [4.69, 9.17) is 11.6 Å². The lowest BCUT2D eigenvalue weighted by Crippen LogP contribution is -2.52. The van der Waals surface area contributed by atoms with E-state index in [9.17, 15) is 18.0 Å². The van der Waals surface area contributed by atoms with E-state index in [1.54, 1.807) is 49.4 Å². The van der Waals surface area contributed by atoms with Crippen molar-refractivity contribution in [2.75, 3.05) is 10.8 Å². The first-order valence-corrected chi connectivity index (χ1v) is 13.8. The summed E-state index contributed by atoms with van der Waals surface area (Å²) in [7, 11) is -4.15. The minimum Gasteiger partial charge on any atom is -0.352 e. The van der Waals surface area contributed by atoms with Gasteiger partial charge in [-0.1, -0.05) is 71.8 Å². The number of nitrogens with zero attached hydrogens (tertiary/aromatic N) is 2. The summed E-state index contributed by atoms with van der Waals surface area (Å²) in [6.07, 6.45) is 0. The number of anilines is 1. The first-order valence-electron chi connectivity index (χ1n) is 12.0. The molecule has 3 aromatic rings. The number of hydrogen-bond donors (Lipinski definition) is 1. The molecule has 3 rings (SSSR count). The van der Waals surface area contributed by atoms with Gasteiger partial charge in [0.05, 0.1) is 15.6 Å². The molecule has 0 aromatic heterocycles. The molecule has 196 valence electrons. The Morgan fingerprint density at radius 2 is 1.49 bits per heavy atom. The Kier molecular flexibility index (Phi) is 9.34. The van der Waals surface area contributed by atoms with Crippen molar-refractivity contribution in [3.8, 4) is 0 Å². The highest BCUT2D eigenvalue weighted by Crippen LogP contribution is 2.30. The van der Waals surface area contributed by atoms with E-state index < -0.39 is 28.5 Å². The zero-order chi connectivity index (χ0) is 27.2. The van der Waals surface area contributed by atoms with Crippen molar-refractivity contribution in [3.63, 3.8) is 0 Å². The Morgan fingerprint density at radius 3 is 2.08 bits per heavy atom. The molecule has 0 unspecified atom stereocenters. The highest BCUT2D eigenvalue weighted by Gasteiger charge is 2.33. The summed E-state index contributed by atoms with van der Waals surface area (Å²) in [5.74, 6) is -0.864. The monoisotopic (exact) mass is 541 g/mol. The van der Waals surface area contributed by atoms with Crippen LogP contribution in [0.4, 0.5) is 5.69 Å². The molecule has 1 atom stereocenters. The molecule has 0 aliphatic rings. The molecule has 0 radical (unpaired) electrons. The third kappa shape index (κ3) is 7.11. The van der Waals surface area contributed by atoms with Gasteiger partial charge in [-0.15, -0.1) is 0 Å². The molecule has 9 heteroatoms. The summed E-state index contributed by atoms with van der Waals surface area (Å²) in [5, 5.41) is 3.02. The van der Waals surface area contributed by atoms with Crippen LogP contribution in [0.5, 0.6) is 0 Å². The van der Waals surface area contributed by atoms with E-state index in [0.29, 0.717) is 0 Å². The average Bonchev–Trinajstić information content (AvgIpc) is 2.87. The molecule has 0 aliphatic carbocycles. The number of para-hydroxylation sites is 1. The van der Waals surface area contributed by atoms with Crippen molar-refractivity contribution < 1.29 is 18.0 Å². The van der Waals surface area contributed by atoms with E-state index in [0.717, 1.165) is 15.4 Å². The fourth-order valence-electron chi connectivity index (χ4n) is 3.76. The maximum Gasteiger partial charge on any atom is 0.264 e. The van der Waals surface area contributed by atoms with Gasteiger partial charge in [0.15, 0.2) is 0 Å². The van der Waals surface area contributed by atoms with Crippen molar-refractivity contribution in [2.45, 2.75) is 51.2 Å². The lowest BCUT2D eigenvalue weighted by molar-refractivity contribution is -0.139. The van der Waals surface area contributed by atoms with Crippen LogP contribution in [0, 0.1) is 6.92 Å². The molecule has 0 saturated heterocycles. The number of carbonyl (C=O) groups is 2. The topological polar surface area (TPSA) is 86.8 Å². The van der Waals surface area contributed by atoms with Crippen molar-refractivity contribution in [3.05, 3.63) is 95.0 Å². The van der Waals surface area contributed by atoms with Gasteiger partial charge in [0, 0.05) is 12.6 Å². The number of halogens is 1. The standard InChI is InChI=1S/C28H32ClN3O4S/c1-20(2)30-28(34)22(4)31(18-23-16-14-21(3)15-17-23)27(33)19-32(26-13-9-8-12-25(26)29)37(35,36)24-10-6-5-7-11-24/h5-17,20,22H,18-19H2,1-4H3,(H,30,34)/t22-/m0/s1. The summed E-state index contributed by atoms with van der Waals surface area (Å²) in [5.41, 5.74) is 2.06. The Balaban J connectivity index is 2.02. The van der Waals surface area contributed by atoms with Crippen molar-refractivity contribution >= 4 is 39.1 Å².